The van der Waals surface area contributed by atoms with Crippen LogP contribution < -0.4 is 0 Å². The number of aliphatic hydroxyl groups is 1. The van der Waals surface area contributed by atoms with Crippen LogP contribution in [0.3, 0.4) is 0 Å². The molecule has 0 bridgehead atoms. The molecule has 0 heterocycles. The van der Waals surface area contributed by atoms with E-state index < -0.39 is 5.97 Å². The minimum Gasteiger partial charge on any atom is -0.457 e. The first-order chi connectivity index (χ1) is 14.5. The summed E-state index contributed by atoms with van der Waals surface area (Å²) in [6.45, 7) is 5.47. The number of esters is 1. The lowest BCUT2D eigenvalue weighted by atomic mass is 9.95. The lowest BCUT2D eigenvalue weighted by Gasteiger charge is -2.13. The number of carbonyl (C=O) groups is 1. The number of halogens is 1. The summed E-state index contributed by atoms with van der Waals surface area (Å²) in [7, 11) is 0. The van der Waals surface area contributed by atoms with Crippen LogP contribution in [-0.4, -0.2) is 17.7 Å². The van der Waals surface area contributed by atoms with Gasteiger partial charge in [-0.1, -0.05) is 61.2 Å². The molecule has 4 heteroatoms. The zero-order valence-corrected chi connectivity index (χ0v) is 17.0. The summed E-state index contributed by atoms with van der Waals surface area (Å²) < 4.78 is 19.4. The third kappa shape index (κ3) is 5.22. The molecule has 0 saturated carbocycles. The molecule has 0 amide bonds. The minimum atomic E-state index is -0.428. The number of hydrogen-bond donors (Lipinski definition) is 1. The molecule has 1 N–H and O–H groups in total. The fraction of sp³-hybridized carbons (Fsp3) is 0.192. The van der Waals surface area contributed by atoms with Crippen molar-refractivity contribution >= 4 is 5.97 Å². The van der Waals surface area contributed by atoms with Gasteiger partial charge in [0.25, 0.3) is 0 Å². The molecule has 30 heavy (non-hydrogen) atoms. The van der Waals surface area contributed by atoms with Crippen molar-refractivity contribution in [3.63, 3.8) is 0 Å². The molecule has 154 valence electrons. The molecule has 0 aliphatic heterocycles. The number of benzene rings is 3. The predicted octanol–water partition coefficient (Wildman–Crippen LogP) is 5.70. The van der Waals surface area contributed by atoms with Crippen molar-refractivity contribution in [2.75, 3.05) is 6.61 Å². The Morgan fingerprint density at radius 2 is 1.63 bits per heavy atom. The van der Waals surface area contributed by atoms with Gasteiger partial charge in [0.15, 0.2) is 0 Å². The smallest absolute Gasteiger partial charge is 0.333 e. The van der Waals surface area contributed by atoms with Crippen LogP contribution in [0, 0.1) is 5.82 Å². The highest BCUT2D eigenvalue weighted by molar-refractivity contribution is 5.87. The topological polar surface area (TPSA) is 46.5 Å². The maximum Gasteiger partial charge on any atom is 0.333 e. The zero-order chi connectivity index (χ0) is 21.5. The molecule has 0 aliphatic rings. The van der Waals surface area contributed by atoms with Crippen molar-refractivity contribution in [2.45, 2.75) is 26.4 Å². The monoisotopic (exact) mass is 404 g/mol. The number of ether oxygens (including phenoxy) is 1. The number of carbonyl (C=O) groups excluding carboxylic acids is 1. The Labute approximate surface area is 176 Å². The molecule has 0 unspecified atom stereocenters. The second-order valence-electron chi connectivity index (χ2n) is 7.22. The molecule has 0 fully saturated rings. The summed E-state index contributed by atoms with van der Waals surface area (Å²) in [6, 6.07) is 20.4. The lowest BCUT2D eigenvalue weighted by molar-refractivity contribution is -0.140. The minimum absolute atomic E-state index is 0.101. The molecule has 0 saturated heterocycles. The van der Waals surface area contributed by atoms with E-state index in [1.54, 1.807) is 19.1 Å². The number of rotatable bonds is 8. The van der Waals surface area contributed by atoms with Crippen molar-refractivity contribution in [1.29, 1.82) is 0 Å². The molecule has 3 rings (SSSR count). The van der Waals surface area contributed by atoms with Gasteiger partial charge in [-0.25, -0.2) is 9.18 Å². The molecule has 3 aromatic rings. The van der Waals surface area contributed by atoms with E-state index in [1.807, 2.05) is 48.5 Å². The molecule has 3 aromatic carbocycles. The maximum atomic E-state index is 14.0. The molecular weight excluding hydrogens is 379 g/mol. The van der Waals surface area contributed by atoms with Crippen LogP contribution in [0.25, 0.3) is 22.3 Å². The Hall–Kier alpha value is -3.24. The standard InChI is InChI=1S/C26H25FO3/c1-18(2)26(29)30-17-23-16-22(14-11-19(23)6-5-15-28)20-9-12-21(13-10-20)24-7-3-4-8-25(24)27/h3-4,7-14,16,28H,1,5-6,15,17H2,2H3. The van der Waals surface area contributed by atoms with Gasteiger partial charge in [-0.2, -0.15) is 0 Å². The van der Waals surface area contributed by atoms with Crippen LogP contribution in [0.2, 0.25) is 0 Å². The van der Waals surface area contributed by atoms with Gasteiger partial charge in [0.1, 0.15) is 12.4 Å². The SMILES string of the molecule is C=C(C)C(=O)OCc1cc(-c2ccc(-c3ccccc3F)cc2)ccc1CCCO. The van der Waals surface area contributed by atoms with Crippen molar-refractivity contribution in [3.05, 3.63) is 95.8 Å². The molecule has 0 atom stereocenters. The quantitative estimate of drug-likeness (QED) is 0.387. The van der Waals surface area contributed by atoms with Gasteiger partial charge in [0.05, 0.1) is 0 Å². The summed E-state index contributed by atoms with van der Waals surface area (Å²) in [5.74, 6) is -0.678. The predicted molar refractivity (Wildman–Crippen MR) is 117 cm³/mol. The summed E-state index contributed by atoms with van der Waals surface area (Å²) in [4.78, 5) is 11.8. The number of hydrogen-bond acceptors (Lipinski definition) is 3. The van der Waals surface area contributed by atoms with E-state index in [9.17, 15) is 9.18 Å². The number of aryl methyl sites for hydroxylation is 1. The van der Waals surface area contributed by atoms with E-state index in [2.05, 4.69) is 6.58 Å². The van der Waals surface area contributed by atoms with Crippen molar-refractivity contribution in [3.8, 4) is 22.3 Å². The van der Waals surface area contributed by atoms with Gasteiger partial charge >= 0.3 is 5.97 Å². The van der Waals surface area contributed by atoms with Crippen molar-refractivity contribution in [2.24, 2.45) is 0 Å². The summed E-state index contributed by atoms with van der Waals surface area (Å²) in [6.07, 6.45) is 1.33. The highest BCUT2D eigenvalue weighted by atomic mass is 19.1. The molecular formula is C26H25FO3. The normalized spacial score (nSPS) is 10.6. The van der Waals surface area contributed by atoms with E-state index in [-0.39, 0.29) is 19.0 Å². The Morgan fingerprint density at radius 3 is 2.30 bits per heavy atom. The maximum absolute atomic E-state index is 14.0. The van der Waals surface area contributed by atoms with Gasteiger partial charge < -0.3 is 9.84 Å². The van der Waals surface area contributed by atoms with E-state index in [0.29, 0.717) is 24.0 Å². The first kappa shape index (κ1) is 21.5. The van der Waals surface area contributed by atoms with E-state index >= 15 is 0 Å². The van der Waals surface area contributed by atoms with Crippen molar-refractivity contribution in [1.82, 2.24) is 0 Å². The van der Waals surface area contributed by atoms with E-state index in [1.165, 1.54) is 6.07 Å². The van der Waals surface area contributed by atoms with E-state index in [4.69, 9.17) is 9.84 Å². The summed E-state index contributed by atoms with van der Waals surface area (Å²) in [5, 5.41) is 9.16. The van der Waals surface area contributed by atoms with Crippen LogP contribution in [0.4, 0.5) is 4.39 Å². The van der Waals surface area contributed by atoms with Gasteiger partial charge in [-0.3, -0.25) is 0 Å². The Kier molecular flexibility index (Phi) is 7.15. The summed E-state index contributed by atoms with van der Waals surface area (Å²) in [5.41, 5.74) is 5.62. The zero-order valence-electron chi connectivity index (χ0n) is 17.0. The average molecular weight is 404 g/mol. The fourth-order valence-electron chi connectivity index (χ4n) is 3.26. The Balaban J connectivity index is 1.87. The van der Waals surface area contributed by atoms with Gasteiger partial charge in [0.2, 0.25) is 0 Å². The second kappa shape index (κ2) is 9.99. The average Bonchev–Trinajstić information content (AvgIpc) is 2.76. The molecule has 3 nitrogen and oxygen atoms in total. The fourth-order valence-corrected chi connectivity index (χ4v) is 3.26. The van der Waals surface area contributed by atoms with Crippen LogP contribution in [0.5, 0.6) is 0 Å². The van der Waals surface area contributed by atoms with Gasteiger partial charge in [0, 0.05) is 17.7 Å². The Morgan fingerprint density at radius 1 is 0.967 bits per heavy atom. The molecule has 0 radical (unpaired) electrons. The van der Waals surface area contributed by atoms with E-state index in [0.717, 1.165) is 27.8 Å². The summed E-state index contributed by atoms with van der Waals surface area (Å²) >= 11 is 0. The first-order valence-corrected chi connectivity index (χ1v) is 9.90. The highest BCUT2D eigenvalue weighted by Gasteiger charge is 2.10. The second-order valence-corrected chi connectivity index (χ2v) is 7.22. The van der Waals surface area contributed by atoms with Crippen LogP contribution in [0.1, 0.15) is 24.5 Å². The van der Waals surface area contributed by atoms with Gasteiger partial charge in [-0.05, 0) is 59.7 Å². The lowest BCUT2D eigenvalue weighted by Crippen LogP contribution is -2.07. The third-order valence-corrected chi connectivity index (χ3v) is 4.92. The first-order valence-electron chi connectivity index (χ1n) is 9.90. The number of aliphatic hydroxyl groups excluding tert-OH is 1. The van der Waals surface area contributed by atoms with Crippen LogP contribution in [0.15, 0.2) is 78.9 Å². The Bertz CT molecular complexity index is 1040. The van der Waals surface area contributed by atoms with Gasteiger partial charge in [-0.15, -0.1) is 0 Å². The molecule has 0 aliphatic carbocycles. The molecule has 0 aromatic heterocycles. The highest BCUT2D eigenvalue weighted by Crippen LogP contribution is 2.28. The van der Waals surface area contributed by atoms with Crippen LogP contribution >= 0.6 is 0 Å². The van der Waals surface area contributed by atoms with Crippen LogP contribution in [-0.2, 0) is 22.6 Å². The molecule has 0 spiro atoms. The van der Waals surface area contributed by atoms with Crippen molar-refractivity contribution < 1.29 is 19.0 Å². The third-order valence-electron chi connectivity index (χ3n) is 4.92. The largest absolute Gasteiger partial charge is 0.457 e.